The number of hydrogen-bond acceptors (Lipinski definition) is 0. The molecule has 0 spiro atoms. The Hall–Kier alpha value is -0.940. The Kier molecular flexibility index (Phi) is 3.23. The predicted octanol–water partition coefficient (Wildman–Crippen LogP) is 5.12. The first-order valence-corrected chi connectivity index (χ1v) is 5.76. The highest BCUT2D eigenvalue weighted by Crippen LogP contribution is 2.39. The van der Waals surface area contributed by atoms with E-state index >= 15 is 0 Å². The van der Waals surface area contributed by atoms with Crippen LogP contribution in [0.15, 0.2) is 34.9 Å². The van der Waals surface area contributed by atoms with Gasteiger partial charge in [0.05, 0.1) is 15.7 Å². The molecule has 0 aliphatic heterocycles. The van der Waals surface area contributed by atoms with Crippen molar-refractivity contribution in [3.63, 3.8) is 0 Å². The summed E-state index contributed by atoms with van der Waals surface area (Å²) in [7, 11) is 0. The largest absolute Gasteiger partial charge is 0.418 e. The molecule has 1 N–H and O–H groups in total. The fraction of sp³-hybridized carbons (Fsp3) is 0.0909. The van der Waals surface area contributed by atoms with Crippen LogP contribution in [0.2, 0.25) is 5.02 Å². The Morgan fingerprint density at radius 2 is 1.71 bits per heavy atom. The van der Waals surface area contributed by atoms with Crippen LogP contribution in [0.1, 0.15) is 5.56 Å². The van der Waals surface area contributed by atoms with Gasteiger partial charge >= 0.3 is 6.18 Å². The van der Waals surface area contributed by atoms with E-state index in [1.807, 2.05) is 0 Å². The summed E-state index contributed by atoms with van der Waals surface area (Å²) in [6.07, 6.45) is -3.44. The maximum absolute atomic E-state index is 12.6. The number of halogens is 5. The molecular formula is C11H6BrClF3N. The molecule has 0 aliphatic carbocycles. The van der Waals surface area contributed by atoms with E-state index in [1.165, 1.54) is 0 Å². The van der Waals surface area contributed by atoms with Crippen LogP contribution in [0.25, 0.3) is 11.3 Å². The molecule has 2 rings (SSSR count). The third-order valence-corrected chi connectivity index (χ3v) is 3.33. The first-order valence-electron chi connectivity index (χ1n) is 4.59. The lowest BCUT2D eigenvalue weighted by molar-refractivity contribution is -0.138. The molecule has 2 aromatic rings. The van der Waals surface area contributed by atoms with Crippen LogP contribution in [-0.2, 0) is 6.18 Å². The van der Waals surface area contributed by atoms with Gasteiger partial charge in [-0.3, -0.25) is 0 Å². The van der Waals surface area contributed by atoms with Gasteiger partial charge in [-0.05, 0) is 33.6 Å². The molecule has 0 unspecified atom stereocenters. The van der Waals surface area contributed by atoms with Gasteiger partial charge in [-0.15, -0.1) is 0 Å². The van der Waals surface area contributed by atoms with Crippen LogP contribution >= 0.6 is 27.5 Å². The van der Waals surface area contributed by atoms with Crippen molar-refractivity contribution in [1.82, 2.24) is 4.98 Å². The van der Waals surface area contributed by atoms with Crippen LogP contribution in [0, 0.1) is 0 Å². The third-order valence-electron chi connectivity index (χ3n) is 2.26. The normalized spacial score (nSPS) is 11.8. The lowest BCUT2D eigenvalue weighted by Crippen LogP contribution is -2.03. The van der Waals surface area contributed by atoms with Crippen molar-refractivity contribution in [3.05, 3.63) is 45.5 Å². The molecule has 0 atom stereocenters. The molecule has 1 aromatic carbocycles. The number of benzene rings is 1. The van der Waals surface area contributed by atoms with Gasteiger partial charge in [-0.25, -0.2) is 0 Å². The number of aromatic nitrogens is 1. The Balaban J connectivity index is 2.48. The standard InChI is InChI=1S/C11H6BrClF3N/c12-9-8(11(14,15)16)5-17-10(9)6-1-3-7(13)4-2-6/h1-5,17H. The Bertz CT molecular complexity index is 531. The van der Waals surface area contributed by atoms with Crippen LogP contribution in [-0.4, -0.2) is 4.98 Å². The van der Waals surface area contributed by atoms with E-state index in [0.29, 0.717) is 16.3 Å². The molecule has 1 aromatic heterocycles. The summed E-state index contributed by atoms with van der Waals surface area (Å²) in [5, 5.41) is 0.535. The number of aromatic amines is 1. The van der Waals surface area contributed by atoms with E-state index in [4.69, 9.17) is 11.6 Å². The number of nitrogens with one attached hydrogen (secondary N) is 1. The quantitative estimate of drug-likeness (QED) is 0.749. The van der Waals surface area contributed by atoms with Crippen LogP contribution in [0.5, 0.6) is 0 Å². The molecule has 90 valence electrons. The van der Waals surface area contributed by atoms with Crippen molar-refractivity contribution >= 4 is 27.5 Å². The second-order valence-electron chi connectivity index (χ2n) is 3.40. The van der Waals surface area contributed by atoms with Gasteiger partial charge in [0.15, 0.2) is 0 Å². The minimum absolute atomic E-state index is 0.00678. The van der Waals surface area contributed by atoms with Crippen LogP contribution in [0.4, 0.5) is 13.2 Å². The second kappa shape index (κ2) is 4.38. The van der Waals surface area contributed by atoms with Crippen molar-refractivity contribution in [2.75, 3.05) is 0 Å². The fourth-order valence-corrected chi connectivity index (χ4v) is 2.25. The highest BCUT2D eigenvalue weighted by atomic mass is 79.9. The molecule has 0 bridgehead atoms. The summed E-state index contributed by atoms with van der Waals surface area (Å²) >= 11 is 8.67. The average Bonchev–Trinajstić information content (AvgIpc) is 2.61. The zero-order valence-electron chi connectivity index (χ0n) is 8.28. The molecule has 0 saturated carbocycles. The van der Waals surface area contributed by atoms with Gasteiger partial charge in [0, 0.05) is 11.2 Å². The van der Waals surface area contributed by atoms with E-state index < -0.39 is 11.7 Å². The summed E-state index contributed by atoms with van der Waals surface area (Å²) in [6, 6.07) is 6.55. The number of H-pyrrole nitrogens is 1. The minimum atomic E-state index is -4.37. The maximum atomic E-state index is 12.6. The predicted molar refractivity (Wildman–Crippen MR) is 63.9 cm³/mol. The van der Waals surface area contributed by atoms with Gasteiger partial charge in [0.1, 0.15) is 0 Å². The number of rotatable bonds is 1. The smallest absolute Gasteiger partial charge is 0.360 e. The third kappa shape index (κ3) is 2.50. The zero-order valence-corrected chi connectivity index (χ0v) is 10.6. The van der Waals surface area contributed by atoms with Crippen LogP contribution in [0.3, 0.4) is 0 Å². The van der Waals surface area contributed by atoms with Crippen molar-refractivity contribution in [1.29, 1.82) is 0 Å². The monoisotopic (exact) mass is 323 g/mol. The SMILES string of the molecule is FC(F)(F)c1c[nH]c(-c2ccc(Cl)cc2)c1Br. The highest BCUT2D eigenvalue weighted by molar-refractivity contribution is 9.10. The average molecular weight is 325 g/mol. The van der Waals surface area contributed by atoms with E-state index in [2.05, 4.69) is 20.9 Å². The molecule has 0 fully saturated rings. The summed E-state index contributed by atoms with van der Waals surface area (Å²) < 4.78 is 37.7. The summed E-state index contributed by atoms with van der Waals surface area (Å²) in [5.41, 5.74) is 0.299. The van der Waals surface area contributed by atoms with Gasteiger partial charge in [0.2, 0.25) is 0 Å². The summed E-state index contributed by atoms with van der Waals surface area (Å²) in [4.78, 5) is 2.61. The summed E-state index contributed by atoms with van der Waals surface area (Å²) in [5.74, 6) is 0. The lowest BCUT2D eigenvalue weighted by Gasteiger charge is -2.04. The molecule has 0 radical (unpaired) electrons. The highest BCUT2D eigenvalue weighted by Gasteiger charge is 2.35. The van der Waals surface area contributed by atoms with E-state index in [-0.39, 0.29) is 4.47 Å². The molecule has 1 nitrogen and oxygen atoms in total. The Morgan fingerprint density at radius 3 is 2.18 bits per heavy atom. The van der Waals surface area contributed by atoms with Gasteiger partial charge in [-0.1, -0.05) is 23.7 Å². The maximum Gasteiger partial charge on any atom is 0.418 e. The van der Waals surface area contributed by atoms with Crippen LogP contribution < -0.4 is 0 Å². The van der Waals surface area contributed by atoms with Crippen molar-refractivity contribution < 1.29 is 13.2 Å². The van der Waals surface area contributed by atoms with E-state index in [9.17, 15) is 13.2 Å². The van der Waals surface area contributed by atoms with Gasteiger partial charge < -0.3 is 4.98 Å². The Labute approximate surface area is 109 Å². The van der Waals surface area contributed by atoms with Gasteiger partial charge in [-0.2, -0.15) is 13.2 Å². The molecule has 6 heteroatoms. The number of hydrogen-bond donors (Lipinski definition) is 1. The minimum Gasteiger partial charge on any atom is -0.360 e. The molecule has 0 aliphatic rings. The topological polar surface area (TPSA) is 15.8 Å². The van der Waals surface area contributed by atoms with Gasteiger partial charge in [0.25, 0.3) is 0 Å². The first kappa shape index (κ1) is 12.5. The first-order chi connectivity index (χ1) is 7.89. The molecular weight excluding hydrogens is 318 g/mol. The van der Waals surface area contributed by atoms with E-state index in [0.717, 1.165) is 6.20 Å². The molecule has 17 heavy (non-hydrogen) atoms. The van der Waals surface area contributed by atoms with Crippen molar-refractivity contribution in [3.8, 4) is 11.3 Å². The molecule has 0 amide bonds. The van der Waals surface area contributed by atoms with E-state index in [1.54, 1.807) is 24.3 Å². The lowest BCUT2D eigenvalue weighted by atomic mass is 10.1. The summed E-state index contributed by atoms with van der Waals surface area (Å²) in [6.45, 7) is 0. The van der Waals surface area contributed by atoms with Crippen molar-refractivity contribution in [2.45, 2.75) is 6.18 Å². The van der Waals surface area contributed by atoms with Crippen molar-refractivity contribution in [2.24, 2.45) is 0 Å². The second-order valence-corrected chi connectivity index (χ2v) is 4.63. The zero-order chi connectivity index (χ0) is 12.6. The molecule has 0 saturated heterocycles. The number of alkyl halides is 3. The fourth-order valence-electron chi connectivity index (χ4n) is 1.44. The molecule has 1 heterocycles. The Morgan fingerprint density at radius 1 is 1.12 bits per heavy atom.